The van der Waals surface area contributed by atoms with Crippen LogP contribution < -0.4 is 0 Å². The Morgan fingerprint density at radius 1 is 1.10 bits per heavy atom. The summed E-state index contributed by atoms with van der Waals surface area (Å²) in [5.41, 5.74) is 3.57. The monoisotopic (exact) mass is 418 g/mol. The van der Waals surface area contributed by atoms with Gasteiger partial charge in [0.05, 0.1) is 17.3 Å². The highest BCUT2D eigenvalue weighted by molar-refractivity contribution is 6.46. The number of aliphatic hydroxyl groups is 1. The number of aliphatic hydroxyl groups excluding tert-OH is 1. The topological polar surface area (TPSA) is 78.1 Å². The predicted octanol–water partition coefficient (Wildman–Crippen LogP) is 2.93. The minimum atomic E-state index is -0.674. The summed E-state index contributed by atoms with van der Waals surface area (Å²) in [6, 6.07) is 12.5. The highest BCUT2D eigenvalue weighted by atomic mass is 16.3. The maximum atomic E-state index is 13.1. The Morgan fingerprint density at radius 3 is 2.48 bits per heavy atom. The molecule has 160 valence electrons. The van der Waals surface area contributed by atoms with Crippen LogP contribution in [0.15, 0.2) is 54.2 Å². The number of carbonyl (C=O) groups excluding carboxylic acids is 2. The van der Waals surface area contributed by atoms with E-state index in [0.29, 0.717) is 30.1 Å². The summed E-state index contributed by atoms with van der Waals surface area (Å²) in [5.74, 6) is -1.47. The average Bonchev–Trinajstić information content (AvgIpc) is 3.21. The van der Waals surface area contributed by atoms with Gasteiger partial charge in [0.1, 0.15) is 11.3 Å². The molecule has 7 nitrogen and oxygen atoms in total. The van der Waals surface area contributed by atoms with E-state index in [4.69, 9.17) is 0 Å². The van der Waals surface area contributed by atoms with Crippen LogP contribution >= 0.6 is 0 Å². The van der Waals surface area contributed by atoms with Crippen molar-refractivity contribution in [1.29, 1.82) is 0 Å². The molecule has 31 heavy (non-hydrogen) atoms. The van der Waals surface area contributed by atoms with Gasteiger partial charge in [-0.15, -0.1) is 0 Å². The lowest BCUT2D eigenvalue weighted by molar-refractivity contribution is -0.140. The number of ketones is 1. The summed E-state index contributed by atoms with van der Waals surface area (Å²) < 4.78 is 1.77. The smallest absolute Gasteiger partial charge is 0.295 e. The number of Topliss-reactive ketones (excluding diaryl/α,β-unsaturated/α-hetero) is 1. The fourth-order valence-electron chi connectivity index (χ4n) is 4.13. The molecule has 0 saturated carbocycles. The van der Waals surface area contributed by atoms with Crippen LogP contribution in [0.4, 0.5) is 0 Å². The predicted molar refractivity (Wildman–Crippen MR) is 119 cm³/mol. The summed E-state index contributed by atoms with van der Waals surface area (Å²) in [4.78, 5) is 34.2. The van der Waals surface area contributed by atoms with E-state index in [1.807, 2.05) is 68.4 Å². The lowest BCUT2D eigenvalue weighted by Gasteiger charge is -2.26. The van der Waals surface area contributed by atoms with E-state index in [-0.39, 0.29) is 11.3 Å². The third-order valence-electron chi connectivity index (χ3n) is 5.69. The molecular formula is C24H26N4O3. The third kappa shape index (κ3) is 3.51. The zero-order valence-corrected chi connectivity index (χ0v) is 18.2. The first kappa shape index (κ1) is 20.8. The van der Waals surface area contributed by atoms with Crippen LogP contribution in [-0.2, 0) is 9.59 Å². The number of benzene rings is 1. The van der Waals surface area contributed by atoms with Crippen molar-refractivity contribution in [3.8, 4) is 0 Å². The van der Waals surface area contributed by atoms with Gasteiger partial charge in [0.25, 0.3) is 11.7 Å². The zero-order valence-electron chi connectivity index (χ0n) is 18.2. The third-order valence-corrected chi connectivity index (χ3v) is 5.69. The molecule has 1 aliphatic heterocycles. The average molecular weight is 418 g/mol. The number of aryl methyl sites for hydroxylation is 2. The number of imidazole rings is 1. The molecule has 1 saturated heterocycles. The normalized spacial score (nSPS) is 18.5. The molecule has 7 heteroatoms. The Kier molecular flexibility index (Phi) is 5.37. The molecule has 3 heterocycles. The molecule has 2 aromatic heterocycles. The van der Waals surface area contributed by atoms with Gasteiger partial charge in [-0.3, -0.25) is 14.0 Å². The number of hydrogen-bond donors (Lipinski definition) is 1. The number of likely N-dealkylation sites (tertiary alicyclic amines) is 1. The lowest BCUT2D eigenvalue weighted by Crippen LogP contribution is -2.35. The van der Waals surface area contributed by atoms with E-state index < -0.39 is 17.7 Å². The number of pyridine rings is 1. The zero-order chi connectivity index (χ0) is 22.3. The SMILES string of the molecule is Cc1nc2c(C)cccn2c1C(O)=C1C(=O)C(=O)N(CCN(C)C)[C@@H]1c1ccccc1. The van der Waals surface area contributed by atoms with Gasteiger partial charge in [-0.05, 0) is 45.1 Å². The molecule has 0 spiro atoms. The number of nitrogens with zero attached hydrogens (tertiary/aromatic N) is 4. The van der Waals surface area contributed by atoms with Gasteiger partial charge in [0, 0.05) is 19.3 Å². The van der Waals surface area contributed by atoms with Crippen LogP contribution in [0.25, 0.3) is 11.4 Å². The fourth-order valence-corrected chi connectivity index (χ4v) is 4.13. The van der Waals surface area contributed by atoms with Crippen molar-refractivity contribution >= 4 is 23.1 Å². The molecular weight excluding hydrogens is 392 g/mol. The van der Waals surface area contributed by atoms with E-state index >= 15 is 0 Å². The highest BCUT2D eigenvalue weighted by Crippen LogP contribution is 2.39. The van der Waals surface area contributed by atoms with Crippen LogP contribution in [0, 0.1) is 13.8 Å². The number of aromatic nitrogens is 2. The maximum absolute atomic E-state index is 13.1. The molecule has 3 aromatic rings. The van der Waals surface area contributed by atoms with Crippen molar-refractivity contribution in [2.75, 3.05) is 27.2 Å². The minimum absolute atomic E-state index is 0.0985. The standard InChI is InChI=1S/C24H26N4O3/c1-15-9-8-12-27-19(16(2)25-23(15)27)21(29)18-20(17-10-6-5-7-11-17)28(14-13-26(3)4)24(31)22(18)30/h5-12,20,29H,13-14H2,1-4H3/t20-/m1/s1. The van der Waals surface area contributed by atoms with E-state index in [1.54, 1.807) is 22.4 Å². The van der Waals surface area contributed by atoms with E-state index in [2.05, 4.69) is 4.98 Å². The van der Waals surface area contributed by atoms with Gasteiger partial charge < -0.3 is 14.9 Å². The first-order chi connectivity index (χ1) is 14.8. The van der Waals surface area contributed by atoms with Crippen molar-refractivity contribution in [2.45, 2.75) is 19.9 Å². The van der Waals surface area contributed by atoms with Gasteiger partial charge in [-0.25, -0.2) is 4.98 Å². The molecule has 0 radical (unpaired) electrons. The van der Waals surface area contributed by atoms with E-state index in [1.165, 1.54) is 0 Å². The Bertz CT molecular complexity index is 1190. The van der Waals surface area contributed by atoms with Crippen molar-refractivity contribution < 1.29 is 14.7 Å². The van der Waals surface area contributed by atoms with Crippen molar-refractivity contribution in [3.05, 3.63) is 76.7 Å². The largest absolute Gasteiger partial charge is 0.505 e. The van der Waals surface area contributed by atoms with Crippen LogP contribution in [0.3, 0.4) is 0 Å². The molecule has 1 atom stereocenters. The van der Waals surface area contributed by atoms with E-state index in [9.17, 15) is 14.7 Å². The molecule has 1 aromatic carbocycles. The maximum Gasteiger partial charge on any atom is 0.295 e. The second-order valence-electron chi connectivity index (χ2n) is 8.14. The number of carbonyl (C=O) groups is 2. The quantitative estimate of drug-likeness (QED) is 0.392. The summed E-state index contributed by atoms with van der Waals surface area (Å²) in [7, 11) is 3.83. The van der Waals surface area contributed by atoms with Crippen molar-refractivity contribution in [1.82, 2.24) is 19.2 Å². The van der Waals surface area contributed by atoms with Crippen LogP contribution in [-0.4, -0.2) is 63.2 Å². The number of amides is 1. The van der Waals surface area contributed by atoms with Crippen LogP contribution in [0.2, 0.25) is 0 Å². The number of rotatable bonds is 5. The van der Waals surface area contributed by atoms with Crippen LogP contribution in [0.5, 0.6) is 0 Å². The molecule has 4 rings (SSSR count). The van der Waals surface area contributed by atoms with Crippen molar-refractivity contribution in [2.24, 2.45) is 0 Å². The number of hydrogen-bond acceptors (Lipinski definition) is 5. The second kappa shape index (κ2) is 8.00. The summed E-state index contributed by atoms with van der Waals surface area (Å²) in [6.45, 7) is 4.71. The summed E-state index contributed by atoms with van der Waals surface area (Å²) >= 11 is 0. The first-order valence-electron chi connectivity index (χ1n) is 10.2. The second-order valence-corrected chi connectivity index (χ2v) is 8.14. The van der Waals surface area contributed by atoms with Gasteiger partial charge in [0.2, 0.25) is 0 Å². The molecule has 1 N–H and O–H groups in total. The first-order valence-corrected chi connectivity index (χ1v) is 10.2. The van der Waals surface area contributed by atoms with E-state index in [0.717, 1.165) is 11.1 Å². The van der Waals surface area contributed by atoms with Gasteiger partial charge in [0.15, 0.2) is 5.76 Å². The summed E-state index contributed by atoms with van der Waals surface area (Å²) in [5, 5.41) is 11.4. The minimum Gasteiger partial charge on any atom is -0.505 e. The number of fused-ring (bicyclic) bond motifs is 1. The molecule has 1 fully saturated rings. The molecule has 0 aliphatic carbocycles. The van der Waals surface area contributed by atoms with Gasteiger partial charge in [-0.1, -0.05) is 36.4 Å². The van der Waals surface area contributed by atoms with Crippen LogP contribution in [0.1, 0.15) is 28.6 Å². The lowest BCUT2D eigenvalue weighted by atomic mass is 9.96. The number of likely N-dealkylation sites (N-methyl/N-ethyl adjacent to an activating group) is 1. The molecule has 1 aliphatic rings. The highest BCUT2D eigenvalue weighted by Gasteiger charge is 2.46. The molecule has 0 unspecified atom stereocenters. The van der Waals surface area contributed by atoms with Crippen molar-refractivity contribution in [3.63, 3.8) is 0 Å². The van der Waals surface area contributed by atoms with Gasteiger partial charge in [-0.2, -0.15) is 0 Å². The Morgan fingerprint density at radius 2 is 1.81 bits per heavy atom. The molecule has 1 amide bonds. The Labute approximate surface area is 181 Å². The molecule has 0 bridgehead atoms. The Hall–Kier alpha value is -3.45. The van der Waals surface area contributed by atoms with Gasteiger partial charge >= 0.3 is 0 Å². The summed E-state index contributed by atoms with van der Waals surface area (Å²) in [6.07, 6.45) is 1.80. The fraction of sp³-hybridized carbons (Fsp3) is 0.292. The Balaban J connectivity index is 1.94.